The summed E-state index contributed by atoms with van der Waals surface area (Å²) >= 11 is 0. The monoisotopic (exact) mass is 208 g/mol. The molecule has 2 nitrogen and oxygen atoms in total. The molecular formula is C14H8O2. The molecule has 0 saturated carbocycles. The SMILES string of the molecule is O=C1C=CC=C2C(=O)c3ccccc3C=C12. The highest BCUT2D eigenvalue weighted by atomic mass is 16.1. The van der Waals surface area contributed by atoms with Gasteiger partial charge in [0.05, 0.1) is 0 Å². The van der Waals surface area contributed by atoms with Crippen molar-refractivity contribution in [2.75, 3.05) is 0 Å². The third-order valence-electron chi connectivity index (χ3n) is 2.82. The minimum Gasteiger partial charge on any atom is -0.289 e. The Morgan fingerprint density at radius 2 is 1.75 bits per heavy atom. The quantitative estimate of drug-likeness (QED) is 0.655. The van der Waals surface area contributed by atoms with Crippen LogP contribution in [0.25, 0.3) is 6.08 Å². The number of allylic oxidation sites excluding steroid dienone is 5. The largest absolute Gasteiger partial charge is 0.289 e. The third-order valence-corrected chi connectivity index (χ3v) is 2.82. The van der Waals surface area contributed by atoms with E-state index >= 15 is 0 Å². The Balaban J connectivity index is 2.30. The Morgan fingerprint density at radius 1 is 0.938 bits per heavy atom. The highest BCUT2D eigenvalue weighted by Crippen LogP contribution is 2.30. The summed E-state index contributed by atoms with van der Waals surface area (Å²) < 4.78 is 0. The molecular weight excluding hydrogens is 200 g/mol. The number of hydrogen-bond acceptors (Lipinski definition) is 2. The van der Waals surface area contributed by atoms with Crippen molar-refractivity contribution in [2.45, 2.75) is 0 Å². The van der Waals surface area contributed by atoms with Gasteiger partial charge in [-0.1, -0.05) is 36.4 Å². The van der Waals surface area contributed by atoms with Crippen molar-refractivity contribution >= 4 is 17.6 Å². The minimum atomic E-state index is -0.0969. The van der Waals surface area contributed by atoms with Crippen LogP contribution in [0.5, 0.6) is 0 Å². The third kappa shape index (κ3) is 1.13. The lowest BCUT2D eigenvalue weighted by Gasteiger charge is -2.18. The smallest absolute Gasteiger partial charge is 0.194 e. The van der Waals surface area contributed by atoms with Gasteiger partial charge in [-0.05, 0) is 17.7 Å². The number of carbonyl (C=O) groups is 2. The predicted octanol–water partition coefficient (Wildman–Crippen LogP) is 2.33. The number of fused-ring (bicyclic) bond motifs is 2. The molecule has 0 aliphatic heterocycles. The van der Waals surface area contributed by atoms with Crippen LogP contribution in [0.4, 0.5) is 0 Å². The van der Waals surface area contributed by atoms with Gasteiger partial charge in [0.15, 0.2) is 11.6 Å². The summed E-state index contributed by atoms with van der Waals surface area (Å²) in [6.07, 6.45) is 6.59. The molecule has 76 valence electrons. The first-order valence-corrected chi connectivity index (χ1v) is 5.06. The van der Waals surface area contributed by atoms with Gasteiger partial charge in [-0.2, -0.15) is 0 Å². The van der Waals surface area contributed by atoms with Gasteiger partial charge in [0.25, 0.3) is 0 Å². The molecule has 0 radical (unpaired) electrons. The van der Waals surface area contributed by atoms with Crippen molar-refractivity contribution in [3.8, 4) is 0 Å². The fourth-order valence-corrected chi connectivity index (χ4v) is 2.02. The maximum Gasteiger partial charge on any atom is 0.194 e. The topological polar surface area (TPSA) is 34.1 Å². The predicted molar refractivity (Wildman–Crippen MR) is 61.0 cm³/mol. The summed E-state index contributed by atoms with van der Waals surface area (Å²) in [5.74, 6) is -0.161. The second-order valence-corrected chi connectivity index (χ2v) is 3.78. The molecule has 0 fully saturated rings. The summed E-state index contributed by atoms with van der Waals surface area (Å²) in [5, 5.41) is 0. The van der Waals surface area contributed by atoms with E-state index in [4.69, 9.17) is 0 Å². The number of ketones is 2. The van der Waals surface area contributed by atoms with E-state index in [1.807, 2.05) is 18.2 Å². The minimum absolute atomic E-state index is 0.0641. The first-order chi connectivity index (χ1) is 7.77. The molecule has 0 amide bonds. The van der Waals surface area contributed by atoms with Crippen molar-refractivity contribution in [1.82, 2.24) is 0 Å². The molecule has 2 aliphatic rings. The normalized spacial score (nSPS) is 17.5. The number of Topliss-reactive ketones (excluding diaryl/α,β-unsaturated/α-hetero) is 1. The molecule has 0 unspecified atom stereocenters. The van der Waals surface area contributed by atoms with Gasteiger partial charge >= 0.3 is 0 Å². The Kier molecular flexibility index (Phi) is 1.77. The summed E-state index contributed by atoms with van der Waals surface area (Å²) in [6, 6.07) is 7.33. The number of hydrogen-bond donors (Lipinski definition) is 0. The molecule has 0 bridgehead atoms. The molecule has 0 atom stereocenters. The van der Waals surface area contributed by atoms with Crippen LogP contribution in [0.1, 0.15) is 15.9 Å². The maximum atomic E-state index is 12.1. The lowest BCUT2D eigenvalue weighted by atomic mass is 9.83. The Morgan fingerprint density at radius 3 is 2.62 bits per heavy atom. The van der Waals surface area contributed by atoms with E-state index in [1.54, 1.807) is 24.3 Å². The zero-order valence-electron chi connectivity index (χ0n) is 8.44. The van der Waals surface area contributed by atoms with E-state index in [2.05, 4.69) is 0 Å². The molecule has 0 saturated heterocycles. The van der Waals surface area contributed by atoms with Crippen LogP contribution >= 0.6 is 0 Å². The van der Waals surface area contributed by atoms with Crippen molar-refractivity contribution in [2.24, 2.45) is 0 Å². The van der Waals surface area contributed by atoms with Crippen molar-refractivity contribution in [3.63, 3.8) is 0 Å². The van der Waals surface area contributed by atoms with Crippen molar-refractivity contribution < 1.29 is 9.59 Å². The summed E-state index contributed by atoms with van der Waals surface area (Å²) in [4.78, 5) is 23.7. The number of rotatable bonds is 0. The lowest BCUT2D eigenvalue weighted by molar-refractivity contribution is -0.111. The molecule has 2 heteroatoms. The van der Waals surface area contributed by atoms with Crippen LogP contribution in [0, 0.1) is 0 Å². The molecule has 0 spiro atoms. The first kappa shape index (κ1) is 9.04. The molecule has 16 heavy (non-hydrogen) atoms. The summed E-state index contributed by atoms with van der Waals surface area (Å²) in [6.45, 7) is 0. The van der Waals surface area contributed by atoms with E-state index < -0.39 is 0 Å². The molecule has 3 rings (SSSR count). The van der Waals surface area contributed by atoms with Crippen LogP contribution in [0.15, 0.2) is 53.6 Å². The average molecular weight is 208 g/mol. The average Bonchev–Trinajstić information content (AvgIpc) is 2.31. The van der Waals surface area contributed by atoms with Crippen LogP contribution in [0.3, 0.4) is 0 Å². The van der Waals surface area contributed by atoms with E-state index in [0.717, 1.165) is 5.56 Å². The highest BCUT2D eigenvalue weighted by molar-refractivity contribution is 6.27. The molecule has 0 aromatic heterocycles. The van der Waals surface area contributed by atoms with Crippen molar-refractivity contribution in [3.05, 3.63) is 64.8 Å². The van der Waals surface area contributed by atoms with Crippen LogP contribution < -0.4 is 0 Å². The van der Waals surface area contributed by atoms with Gasteiger partial charge in [-0.15, -0.1) is 0 Å². The molecule has 1 aromatic rings. The summed E-state index contributed by atoms with van der Waals surface area (Å²) in [7, 11) is 0. The number of benzene rings is 1. The fourth-order valence-electron chi connectivity index (χ4n) is 2.02. The van der Waals surface area contributed by atoms with E-state index in [1.165, 1.54) is 6.08 Å². The lowest BCUT2D eigenvalue weighted by Crippen LogP contribution is -2.18. The number of carbonyl (C=O) groups excluding carboxylic acids is 2. The standard InChI is InChI=1S/C14H8O2/c15-13-7-3-6-11-12(13)8-9-4-1-2-5-10(9)14(11)16/h1-8H. The maximum absolute atomic E-state index is 12.1. The molecule has 0 heterocycles. The Bertz CT molecular complexity index is 601. The van der Waals surface area contributed by atoms with E-state index in [0.29, 0.717) is 16.7 Å². The second kappa shape index (κ2) is 3.14. The fraction of sp³-hybridized carbons (Fsp3) is 0. The molecule has 0 N–H and O–H groups in total. The van der Waals surface area contributed by atoms with Gasteiger partial charge < -0.3 is 0 Å². The van der Waals surface area contributed by atoms with E-state index in [-0.39, 0.29) is 11.6 Å². The zero-order valence-corrected chi connectivity index (χ0v) is 8.44. The molecule has 2 aliphatic carbocycles. The Hall–Kier alpha value is -2.22. The van der Waals surface area contributed by atoms with E-state index in [9.17, 15) is 9.59 Å². The van der Waals surface area contributed by atoms with Gasteiger partial charge in [0, 0.05) is 16.7 Å². The second-order valence-electron chi connectivity index (χ2n) is 3.78. The molecule has 1 aromatic carbocycles. The van der Waals surface area contributed by atoms with Crippen LogP contribution in [0.2, 0.25) is 0 Å². The van der Waals surface area contributed by atoms with Gasteiger partial charge in [0.1, 0.15) is 0 Å². The van der Waals surface area contributed by atoms with Gasteiger partial charge in [-0.25, -0.2) is 0 Å². The first-order valence-electron chi connectivity index (χ1n) is 5.06. The zero-order chi connectivity index (χ0) is 11.1. The van der Waals surface area contributed by atoms with Crippen molar-refractivity contribution in [1.29, 1.82) is 0 Å². The summed E-state index contributed by atoms with van der Waals surface area (Å²) in [5.41, 5.74) is 2.50. The Labute approximate surface area is 92.6 Å². The highest BCUT2D eigenvalue weighted by Gasteiger charge is 2.27. The van der Waals surface area contributed by atoms with Crippen LogP contribution in [-0.4, -0.2) is 11.6 Å². The van der Waals surface area contributed by atoms with Gasteiger partial charge in [0.2, 0.25) is 0 Å². The van der Waals surface area contributed by atoms with Crippen LogP contribution in [-0.2, 0) is 4.79 Å². The van der Waals surface area contributed by atoms with Gasteiger partial charge in [-0.3, -0.25) is 9.59 Å².